The first kappa shape index (κ1) is 16.0. The summed E-state index contributed by atoms with van der Waals surface area (Å²) in [5, 5.41) is 5.16. The van der Waals surface area contributed by atoms with E-state index < -0.39 is 22.7 Å². The molecule has 2 aromatic heterocycles. The fourth-order valence-electron chi connectivity index (χ4n) is 1.60. The Morgan fingerprint density at radius 3 is 2.68 bits per heavy atom. The van der Waals surface area contributed by atoms with Gasteiger partial charge in [-0.1, -0.05) is 16.8 Å². The third-order valence-corrected chi connectivity index (χ3v) is 2.92. The van der Waals surface area contributed by atoms with Crippen molar-refractivity contribution in [3.63, 3.8) is 0 Å². The summed E-state index contributed by atoms with van der Waals surface area (Å²) in [6, 6.07) is 0.630. The van der Waals surface area contributed by atoms with Crippen LogP contribution in [0.4, 0.5) is 19.0 Å². The number of aryl methyl sites for hydroxylation is 1. The molecule has 0 fully saturated rings. The third kappa shape index (κ3) is 3.08. The van der Waals surface area contributed by atoms with E-state index in [2.05, 4.69) is 15.5 Å². The Hall–Kier alpha value is -2.42. The van der Waals surface area contributed by atoms with Crippen molar-refractivity contribution in [3.05, 3.63) is 39.9 Å². The highest BCUT2D eigenvalue weighted by molar-refractivity contribution is 6.33. The van der Waals surface area contributed by atoms with E-state index in [4.69, 9.17) is 16.1 Å². The molecule has 0 atom stereocenters. The van der Waals surface area contributed by atoms with Crippen LogP contribution in [0.5, 0.6) is 0 Å². The Bertz CT molecular complexity index is 743. The second kappa shape index (κ2) is 5.76. The van der Waals surface area contributed by atoms with Crippen molar-refractivity contribution in [2.24, 2.45) is 0 Å². The zero-order valence-corrected chi connectivity index (χ0v) is 11.6. The van der Waals surface area contributed by atoms with Crippen LogP contribution in [-0.4, -0.2) is 22.3 Å². The van der Waals surface area contributed by atoms with Gasteiger partial charge < -0.3 is 9.84 Å². The number of amides is 1. The summed E-state index contributed by atoms with van der Waals surface area (Å²) in [4.78, 5) is 26.2. The van der Waals surface area contributed by atoms with Gasteiger partial charge in [-0.05, 0) is 13.0 Å². The number of halogens is 4. The average molecular weight is 334 g/mol. The molecule has 10 heteroatoms. The summed E-state index contributed by atoms with van der Waals surface area (Å²) >= 11 is 5.67. The van der Waals surface area contributed by atoms with E-state index in [0.29, 0.717) is 18.5 Å². The van der Waals surface area contributed by atoms with Crippen LogP contribution >= 0.6 is 11.6 Å². The van der Waals surface area contributed by atoms with Crippen LogP contribution in [0.15, 0.2) is 16.8 Å². The minimum atomic E-state index is -4.60. The lowest BCUT2D eigenvalue weighted by atomic mass is 10.2. The molecular formula is C12H7ClF3N3O3. The Balaban J connectivity index is 2.29. The van der Waals surface area contributed by atoms with Crippen molar-refractivity contribution in [2.75, 3.05) is 5.32 Å². The fourth-order valence-corrected chi connectivity index (χ4v) is 1.81. The number of nitrogens with one attached hydrogen (secondary N) is 1. The third-order valence-electron chi connectivity index (χ3n) is 2.63. The number of carbonyl (C=O) groups excluding carboxylic acids is 2. The predicted molar refractivity (Wildman–Crippen MR) is 68.8 cm³/mol. The Kier molecular flexibility index (Phi) is 4.18. The number of alkyl halides is 3. The van der Waals surface area contributed by atoms with Crippen LogP contribution in [0, 0.1) is 6.92 Å². The van der Waals surface area contributed by atoms with E-state index in [0.717, 1.165) is 0 Å². The zero-order chi connectivity index (χ0) is 16.5. The molecule has 0 saturated carbocycles. The summed E-state index contributed by atoms with van der Waals surface area (Å²) in [7, 11) is 0. The van der Waals surface area contributed by atoms with Crippen molar-refractivity contribution in [1.29, 1.82) is 0 Å². The number of pyridine rings is 1. The van der Waals surface area contributed by atoms with Gasteiger partial charge in [-0.2, -0.15) is 13.2 Å². The lowest BCUT2D eigenvalue weighted by molar-refractivity contribution is -0.137. The fraction of sp³-hybridized carbons (Fsp3) is 0.167. The molecule has 0 aliphatic rings. The predicted octanol–water partition coefficient (Wildman–Crippen LogP) is 3.12. The first-order valence-corrected chi connectivity index (χ1v) is 6.07. The molecule has 116 valence electrons. The van der Waals surface area contributed by atoms with Crippen molar-refractivity contribution < 1.29 is 27.3 Å². The number of nitrogens with zero attached hydrogens (tertiary/aromatic N) is 2. The monoisotopic (exact) mass is 333 g/mol. The van der Waals surface area contributed by atoms with Crippen LogP contribution in [0.25, 0.3) is 0 Å². The molecule has 0 bridgehead atoms. The Labute approximate surface area is 126 Å². The minimum Gasteiger partial charge on any atom is -0.360 e. The largest absolute Gasteiger partial charge is 0.417 e. The molecule has 2 rings (SSSR count). The van der Waals surface area contributed by atoms with Crippen LogP contribution in [0.2, 0.25) is 5.02 Å². The summed E-state index contributed by atoms with van der Waals surface area (Å²) in [6.07, 6.45) is -3.76. The van der Waals surface area contributed by atoms with Crippen molar-refractivity contribution in [3.8, 4) is 0 Å². The molecule has 6 nitrogen and oxygen atoms in total. The quantitative estimate of drug-likeness (QED) is 0.872. The summed E-state index contributed by atoms with van der Waals surface area (Å²) in [6.45, 7) is 1.40. The molecular weight excluding hydrogens is 327 g/mol. The van der Waals surface area contributed by atoms with Crippen LogP contribution < -0.4 is 5.32 Å². The van der Waals surface area contributed by atoms with Gasteiger partial charge in [-0.15, -0.1) is 0 Å². The van der Waals surface area contributed by atoms with Gasteiger partial charge in [-0.3, -0.25) is 9.59 Å². The number of aromatic nitrogens is 2. The average Bonchev–Trinajstić information content (AvgIpc) is 2.81. The molecule has 22 heavy (non-hydrogen) atoms. The number of hydrogen-bond acceptors (Lipinski definition) is 5. The first-order valence-electron chi connectivity index (χ1n) is 5.69. The van der Waals surface area contributed by atoms with E-state index in [1.165, 1.54) is 6.92 Å². The SMILES string of the molecule is Cc1onc(C=O)c1C(=O)Nc1ncc(C(F)(F)F)cc1Cl. The molecule has 0 aliphatic heterocycles. The summed E-state index contributed by atoms with van der Waals surface area (Å²) in [5.74, 6) is -1.03. The molecule has 2 aromatic rings. The zero-order valence-electron chi connectivity index (χ0n) is 10.9. The number of carbonyl (C=O) groups is 2. The van der Waals surface area contributed by atoms with E-state index >= 15 is 0 Å². The van der Waals surface area contributed by atoms with Gasteiger partial charge in [0.2, 0.25) is 0 Å². The van der Waals surface area contributed by atoms with Crippen molar-refractivity contribution in [2.45, 2.75) is 13.1 Å². The molecule has 0 aromatic carbocycles. The Morgan fingerprint density at radius 1 is 1.45 bits per heavy atom. The number of anilines is 1. The first-order chi connectivity index (χ1) is 10.2. The van der Waals surface area contributed by atoms with E-state index in [9.17, 15) is 22.8 Å². The normalized spacial score (nSPS) is 11.3. The smallest absolute Gasteiger partial charge is 0.360 e. The summed E-state index contributed by atoms with van der Waals surface area (Å²) in [5.41, 5.74) is -1.43. The summed E-state index contributed by atoms with van der Waals surface area (Å²) < 4.78 is 42.2. The number of rotatable bonds is 3. The number of aldehydes is 1. The highest BCUT2D eigenvalue weighted by Gasteiger charge is 2.32. The van der Waals surface area contributed by atoms with Gasteiger partial charge in [0.25, 0.3) is 5.91 Å². The van der Waals surface area contributed by atoms with E-state index in [1.54, 1.807) is 0 Å². The van der Waals surface area contributed by atoms with E-state index in [-0.39, 0.29) is 22.8 Å². The molecule has 0 spiro atoms. The van der Waals surface area contributed by atoms with Gasteiger partial charge in [0.1, 0.15) is 11.3 Å². The highest BCUT2D eigenvalue weighted by atomic mass is 35.5. The number of hydrogen-bond donors (Lipinski definition) is 1. The van der Waals surface area contributed by atoms with Gasteiger partial charge in [-0.25, -0.2) is 4.98 Å². The van der Waals surface area contributed by atoms with Gasteiger partial charge >= 0.3 is 6.18 Å². The molecule has 0 saturated heterocycles. The standard InChI is InChI=1S/C12H7ClF3N3O3/c1-5-9(8(4-20)19-22-5)11(21)18-10-7(13)2-6(3-17-10)12(14,15)16/h2-4H,1H3,(H,17,18,21). The highest BCUT2D eigenvalue weighted by Crippen LogP contribution is 2.32. The van der Waals surface area contributed by atoms with Crippen molar-refractivity contribution in [1.82, 2.24) is 10.1 Å². The second-order valence-electron chi connectivity index (χ2n) is 4.12. The lowest BCUT2D eigenvalue weighted by Crippen LogP contribution is -2.16. The minimum absolute atomic E-state index is 0.0719. The van der Waals surface area contributed by atoms with E-state index in [1.807, 2.05) is 0 Å². The maximum absolute atomic E-state index is 12.5. The lowest BCUT2D eigenvalue weighted by Gasteiger charge is -2.09. The molecule has 0 unspecified atom stereocenters. The molecule has 2 heterocycles. The molecule has 0 radical (unpaired) electrons. The van der Waals surface area contributed by atoms with Crippen LogP contribution in [0.1, 0.15) is 32.2 Å². The van der Waals surface area contributed by atoms with Crippen molar-refractivity contribution >= 4 is 29.6 Å². The second-order valence-corrected chi connectivity index (χ2v) is 4.53. The maximum atomic E-state index is 12.5. The van der Waals surface area contributed by atoms with Crippen LogP contribution in [0.3, 0.4) is 0 Å². The maximum Gasteiger partial charge on any atom is 0.417 e. The molecule has 1 N–H and O–H groups in total. The molecule has 1 amide bonds. The topological polar surface area (TPSA) is 85.1 Å². The van der Waals surface area contributed by atoms with Gasteiger partial charge in [0.15, 0.2) is 17.8 Å². The van der Waals surface area contributed by atoms with Gasteiger partial charge in [0, 0.05) is 6.20 Å². The molecule has 0 aliphatic carbocycles. The van der Waals surface area contributed by atoms with Gasteiger partial charge in [0.05, 0.1) is 10.6 Å². The van der Waals surface area contributed by atoms with Crippen LogP contribution in [-0.2, 0) is 6.18 Å². The Morgan fingerprint density at radius 2 is 2.14 bits per heavy atom.